The summed E-state index contributed by atoms with van der Waals surface area (Å²) in [6.45, 7) is 3.12. The van der Waals surface area contributed by atoms with Crippen LogP contribution in [0.1, 0.15) is 18.1 Å². The Kier molecular flexibility index (Phi) is 4.86. The fourth-order valence-corrected chi connectivity index (χ4v) is 1.68. The quantitative estimate of drug-likeness (QED) is 0.790. The molecule has 3 nitrogen and oxygen atoms in total. The van der Waals surface area contributed by atoms with Gasteiger partial charge in [-0.3, -0.25) is 4.90 Å². The van der Waals surface area contributed by atoms with E-state index in [-0.39, 0.29) is 5.82 Å². The molecule has 1 unspecified atom stereocenters. The van der Waals surface area contributed by atoms with Crippen LogP contribution in [0.15, 0.2) is 18.2 Å². The van der Waals surface area contributed by atoms with E-state index in [0.29, 0.717) is 25.2 Å². The number of aliphatic hydroxyl groups is 1. The zero-order chi connectivity index (χ0) is 12.1. The number of rotatable bonds is 5. The molecule has 90 valence electrons. The number of hydrogen-bond donors (Lipinski definition) is 2. The van der Waals surface area contributed by atoms with E-state index in [0.717, 1.165) is 5.56 Å². The van der Waals surface area contributed by atoms with Gasteiger partial charge in [-0.15, -0.1) is 0 Å². The Morgan fingerprint density at radius 1 is 1.50 bits per heavy atom. The molecule has 4 heteroatoms. The first-order chi connectivity index (χ1) is 7.52. The largest absolute Gasteiger partial charge is 0.392 e. The van der Waals surface area contributed by atoms with Gasteiger partial charge in [-0.2, -0.15) is 0 Å². The maximum Gasteiger partial charge on any atom is 0.127 e. The van der Waals surface area contributed by atoms with Crippen LogP contribution in [-0.4, -0.2) is 29.7 Å². The number of nitrogens with two attached hydrogens (primary N) is 1. The van der Waals surface area contributed by atoms with Crippen molar-refractivity contribution in [3.63, 3.8) is 0 Å². The highest BCUT2D eigenvalue weighted by Gasteiger charge is 2.08. The standard InChI is InChI=1S/C12H19FN2O/c1-9(16)7-15(2)8-11-5-10(6-14)3-4-12(11)13/h3-5,9,16H,6-8,14H2,1-2H3. The molecule has 1 atom stereocenters. The Bertz CT molecular complexity index is 342. The van der Waals surface area contributed by atoms with Gasteiger partial charge in [0.2, 0.25) is 0 Å². The third-order valence-electron chi connectivity index (χ3n) is 2.36. The molecule has 1 rings (SSSR count). The van der Waals surface area contributed by atoms with E-state index in [9.17, 15) is 9.50 Å². The second-order valence-corrected chi connectivity index (χ2v) is 4.18. The highest BCUT2D eigenvalue weighted by molar-refractivity contribution is 5.24. The highest BCUT2D eigenvalue weighted by Crippen LogP contribution is 2.12. The molecule has 0 aliphatic heterocycles. The summed E-state index contributed by atoms with van der Waals surface area (Å²) in [5.41, 5.74) is 7.04. The van der Waals surface area contributed by atoms with Crippen molar-refractivity contribution in [3.8, 4) is 0 Å². The van der Waals surface area contributed by atoms with Crippen molar-refractivity contribution >= 4 is 0 Å². The first-order valence-corrected chi connectivity index (χ1v) is 5.37. The van der Waals surface area contributed by atoms with E-state index in [1.165, 1.54) is 6.07 Å². The van der Waals surface area contributed by atoms with Crippen molar-refractivity contribution in [2.45, 2.75) is 26.1 Å². The number of hydrogen-bond acceptors (Lipinski definition) is 3. The van der Waals surface area contributed by atoms with Gasteiger partial charge in [0.05, 0.1) is 6.10 Å². The first-order valence-electron chi connectivity index (χ1n) is 5.37. The lowest BCUT2D eigenvalue weighted by Gasteiger charge is -2.19. The zero-order valence-corrected chi connectivity index (χ0v) is 9.78. The molecule has 0 fully saturated rings. The third kappa shape index (κ3) is 3.89. The van der Waals surface area contributed by atoms with Gasteiger partial charge in [0.25, 0.3) is 0 Å². The molecule has 0 spiro atoms. The van der Waals surface area contributed by atoms with E-state index in [1.54, 1.807) is 19.1 Å². The lowest BCUT2D eigenvalue weighted by Crippen LogP contribution is -2.27. The fraction of sp³-hybridized carbons (Fsp3) is 0.500. The first kappa shape index (κ1) is 13.1. The normalized spacial score (nSPS) is 13.1. The summed E-state index contributed by atoms with van der Waals surface area (Å²) in [4.78, 5) is 1.88. The molecule has 1 aromatic rings. The smallest absolute Gasteiger partial charge is 0.127 e. The maximum absolute atomic E-state index is 13.5. The number of benzene rings is 1. The molecule has 0 radical (unpaired) electrons. The molecule has 3 N–H and O–H groups in total. The lowest BCUT2D eigenvalue weighted by molar-refractivity contribution is 0.137. The van der Waals surface area contributed by atoms with E-state index in [4.69, 9.17) is 5.73 Å². The third-order valence-corrected chi connectivity index (χ3v) is 2.36. The molecule has 0 saturated carbocycles. The van der Waals surface area contributed by atoms with Crippen LogP contribution in [-0.2, 0) is 13.1 Å². The molecule has 1 aromatic carbocycles. The SMILES string of the molecule is CC(O)CN(C)Cc1cc(CN)ccc1F. The second kappa shape index (κ2) is 5.94. The minimum Gasteiger partial charge on any atom is -0.392 e. The van der Waals surface area contributed by atoms with Crippen LogP contribution in [0, 0.1) is 5.82 Å². The molecule has 0 aliphatic rings. The van der Waals surface area contributed by atoms with Crippen LogP contribution >= 0.6 is 0 Å². The number of aliphatic hydroxyl groups excluding tert-OH is 1. The maximum atomic E-state index is 13.5. The molecule has 16 heavy (non-hydrogen) atoms. The van der Waals surface area contributed by atoms with Crippen molar-refractivity contribution in [2.75, 3.05) is 13.6 Å². The van der Waals surface area contributed by atoms with Crippen LogP contribution in [0.4, 0.5) is 4.39 Å². The predicted octanol–water partition coefficient (Wildman–Crippen LogP) is 1.10. The summed E-state index contributed by atoms with van der Waals surface area (Å²) in [6, 6.07) is 4.90. The highest BCUT2D eigenvalue weighted by atomic mass is 19.1. The predicted molar refractivity (Wildman–Crippen MR) is 62.3 cm³/mol. The van der Waals surface area contributed by atoms with Crippen LogP contribution in [0.2, 0.25) is 0 Å². The Hall–Kier alpha value is -0.970. The van der Waals surface area contributed by atoms with Crippen LogP contribution in [0.5, 0.6) is 0 Å². The molecule has 0 aliphatic carbocycles. The second-order valence-electron chi connectivity index (χ2n) is 4.18. The van der Waals surface area contributed by atoms with Gasteiger partial charge in [-0.25, -0.2) is 4.39 Å². The van der Waals surface area contributed by atoms with Crippen molar-refractivity contribution in [3.05, 3.63) is 35.1 Å². The van der Waals surface area contributed by atoms with Crippen LogP contribution in [0.25, 0.3) is 0 Å². The van der Waals surface area contributed by atoms with Gasteiger partial charge in [-0.1, -0.05) is 12.1 Å². The summed E-state index contributed by atoms with van der Waals surface area (Å²) in [6.07, 6.45) is -0.411. The Labute approximate surface area is 95.7 Å². The Balaban J connectivity index is 2.71. The van der Waals surface area contributed by atoms with Gasteiger partial charge in [0.15, 0.2) is 0 Å². The van der Waals surface area contributed by atoms with Crippen LogP contribution < -0.4 is 5.73 Å². The minimum absolute atomic E-state index is 0.227. The summed E-state index contributed by atoms with van der Waals surface area (Å²) >= 11 is 0. The topological polar surface area (TPSA) is 49.5 Å². The summed E-state index contributed by atoms with van der Waals surface area (Å²) in [7, 11) is 1.85. The fourth-order valence-electron chi connectivity index (χ4n) is 1.68. The van der Waals surface area contributed by atoms with E-state index < -0.39 is 6.10 Å². The summed E-state index contributed by atoms with van der Waals surface area (Å²) in [5, 5.41) is 9.22. The zero-order valence-electron chi connectivity index (χ0n) is 9.78. The number of likely N-dealkylation sites (N-methyl/N-ethyl adjacent to an activating group) is 1. The summed E-state index contributed by atoms with van der Waals surface area (Å²) < 4.78 is 13.5. The van der Waals surface area contributed by atoms with Gasteiger partial charge in [0, 0.05) is 25.2 Å². The molecule has 0 aromatic heterocycles. The minimum atomic E-state index is -0.411. The molecular weight excluding hydrogens is 207 g/mol. The van der Waals surface area contributed by atoms with Crippen molar-refractivity contribution < 1.29 is 9.50 Å². The molecule has 0 heterocycles. The molecule has 0 amide bonds. The van der Waals surface area contributed by atoms with E-state index in [2.05, 4.69) is 0 Å². The molecular formula is C12H19FN2O. The van der Waals surface area contributed by atoms with Crippen molar-refractivity contribution in [1.82, 2.24) is 4.90 Å². The lowest BCUT2D eigenvalue weighted by atomic mass is 10.1. The van der Waals surface area contributed by atoms with E-state index in [1.807, 2.05) is 11.9 Å². The van der Waals surface area contributed by atoms with E-state index >= 15 is 0 Å². The van der Waals surface area contributed by atoms with Crippen molar-refractivity contribution in [2.24, 2.45) is 5.73 Å². The summed E-state index contributed by atoms with van der Waals surface area (Å²) in [5.74, 6) is -0.227. The Morgan fingerprint density at radius 2 is 2.19 bits per heavy atom. The number of nitrogens with zero attached hydrogens (tertiary/aromatic N) is 1. The van der Waals surface area contributed by atoms with Crippen LogP contribution in [0.3, 0.4) is 0 Å². The average Bonchev–Trinajstić information content (AvgIpc) is 2.20. The van der Waals surface area contributed by atoms with Gasteiger partial charge in [0.1, 0.15) is 5.82 Å². The average molecular weight is 226 g/mol. The number of halogens is 1. The van der Waals surface area contributed by atoms with Gasteiger partial charge >= 0.3 is 0 Å². The van der Waals surface area contributed by atoms with Gasteiger partial charge in [-0.05, 0) is 25.6 Å². The van der Waals surface area contributed by atoms with Gasteiger partial charge < -0.3 is 10.8 Å². The Morgan fingerprint density at radius 3 is 2.75 bits per heavy atom. The monoisotopic (exact) mass is 226 g/mol. The molecule has 0 bridgehead atoms. The molecule has 0 saturated heterocycles. The van der Waals surface area contributed by atoms with Crippen molar-refractivity contribution in [1.29, 1.82) is 0 Å².